The molecule has 2 aromatic rings. The first kappa shape index (κ1) is 94.3. The van der Waals surface area contributed by atoms with Gasteiger partial charge in [0, 0.05) is 52.0 Å². The number of aliphatic imine (C=N–C) groups is 2. The summed E-state index contributed by atoms with van der Waals surface area (Å²) in [7, 11) is 0. The predicted octanol–water partition coefficient (Wildman–Crippen LogP) is -7.56. The van der Waals surface area contributed by atoms with Crippen LogP contribution in [0, 0.1) is 0 Å². The number of carboxylic acid groups (broad SMARTS) is 2. The molecule has 0 aliphatic carbocycles. The highest BCUT2D eigenvalue weighted by Crippen LogP contribution is 2.16. The van der Waals surface area contributed by atoms with Gasteiger partial charge in [0.15, 0.2) is 18.1 Å². The largest absolute Gasteiger partial charge is 0.508 e. The summed E-state index contributed by atoms with van der Waals surface area (Å²) in [4.78, 5) is 222. The van der Waals surface area contributed by atoms with Crippen molar-refractivity contribution in [2.24, 2.45) is 32.9 Å². The van der Waals surface area contributed by atoms with E-state index in [1.165, 1.54) is 48.5 Å². The molecule has 2 fully saturated rings. The van der Waals surface area contributed by atoms with Crippen LogP contribution in [0.5, 0.6) is 11.5 Å². The number of hydrogen-bond acceptors (Lipinski definition) is 23. The topological polar surface area (TPSA) is 679 Å². The molecule has 43 nitrogen and oxygen atoms in total. The van der Waals surface area contributed by atoms with Crippen molar-refractivity contribution in [1.82, 2.24) is 74.4 Å². The van der Waals surface area contributed by atoms with Crippen LogP contribution < -0.4 is 97.4 Å². The van der Waals surface area contributed by atoms with Crippen molar-refractivity contribution in [3.05, 3.63) is 59.7 Å². The molecule has 0 radical (unpaired) electrons. The smallest absolute Gasteiger partial charge is 0.305 e. The summed E-state index contributed by atoms with van der Waals surface area (Å²) < 4.78 is 29.3. The Morgan fingerprint density at radius 2 is 0.825 bits per heavy atom. The van der Waals surface area contributed by atoms with E-state index in [0.717, 1.165) is 6.92 Å². The second-order valence-corrected chi connectivity index (χ2v) is 26.4. The summed E-state index contributed by atoms with van der Waals surface area (Å²) in [6, 6.07) is -2.84. The average molecular weight is 1610 g/mol. The van der Waals surface area contributed by atoms with E-state index in [1.807, 2.05) is 0 Å². The maximum Gasteiger partial charge on any atom is 0.305 e. The first-order valence-corrected chi connectivity index (χ1v) is 36.8. The zero-order chi connectivity index (χ0) is 84.1. The minimum absolute atomic E-state index is 0.00418. The van der Waals surface area contributed by atoms with Gasteiger partial charge in [-0.05, 0) is 113 Å². The highest BCUT2D eigenvalue weighted by molar-refractivity contribution is 6.00. The molecule has 26 N–H and O–H groups in total. The third-order valence-corrected chi connectivity index (χ3v) is 17.0. The quantitative estimate of drug-likeness (QED) is 0.0167. The molecule has 0 aromatic heterocycles. The number of phenolic OH excluding ortho intramolecular Hbond substituents is 2. The van der Waals surface area contributed by atoms with E-state index in [2.05, 4.69) is 84.4 Å². The molecule has 2 aromatic carbocycles. The van der Waals surface area contributed by atoms with Crippen LogP contribution in [0.15, 0.2) is 58.5 Å². The van der Waals surface area contributed by atoms with Gasteiger partial charge < -0.3 is 132 Å². The molecule has 114 heavy (non-hydrogen) atoms. The Bertz CT molecular complexity index is 3640. The van der Waals surface area contributed by atoms with Crippen molar-refractivity contribution in [2.45, 2.75) is 170 Å². The fraction of sp³-hybridized carbons (Fsp3) is 0.571. The number of halogens is 1. The van der Waals surface area contributed by atoms with Gasteiger partial charge in [-0.25, -0.2) is 4.39 Å². The van der Waals surface area contributed by atoms with Gasteiger partial charge in [-0.1, -0.05) is 24.3 Å². The molecule has 630 valence electrons. The summed E-state index contributed by atoms with van der Waals surface area (Å²) in [5, 5.41) is 74.1. The number of unbranched alkanes of at least 4 members (excludes halogenated alkanes) is 2. The van der Waals surface area contributed by atoms with Gasteiger partial charge in [-0.3, -0.25) is 86.7 Å². The normalized spacial score (nSPS) is 20.0. The number of amides is 14. The van der Waals surface area contributed by atoms with Crippen LogP contribution in [0.1, 0.15) is 108 Å². The van der Waals surface area contributed by atoms with E-state index < -0.39 is 194 Å². The molecule has 2 saturated heterocycles. The van der Waals surface area contributed by atoms with E-state index in [9.17, 15) is 102 Å². The zero-order valence-corrected chi connectivity index (χ0v) is 63.0. The maximum atomic E-state index is 14.4. The molecule has 4 rings (SSSR count). The van der Waals surface area contributed by atoms with E-state index in [1.54, 1.807) is 0 Å². The van der Waals surface area contributed by atoms with Gasteiger partial charge >= 0.3 is 11.9 Å². The number of carboxylic acids is 2. The number of benzene rings is 2. The molecular formula is C70H105FN20O23. The number of rotatable bonds is 43. The van der Waals surface area contributed by atoms with Crippen LogP contribution in [0.2, 0.25) is 0 Å². The molecular weight excluding hydrogens is 1510 g/mol. The Morgan fingerprint density at radius 3 is 1.25 bits per heavy atom. The molecule has 0 saturated carbocycles. The van der Waals surface area contributed by atoms with Crippen molar-refractivity contribution < 1.29 is 116 Å². The standard InChI is InChI=1S/C70H105FN20O23/c1-39(71)59(102)78-26-27-112-28-29-113-30-31-114-38-56(97)83-48(60(103)77-23-5-3-9-47-64(107)87-45(11-7-25-80-70(74)75)62(105)82-37-55(96)85-52(35-58(100)101)68(111)91-50(66(109)89-47)33-41-14-18-43(93)19-15-41)20-21-53(94)76-22-4-2-8-46-63(106)86-44(10-6-24-79-69(72)73)61(104)81-36-54(95)84-51(34-57(98)99)67(110)90-49(65(108)88-46)32-40-12-16-42(92)17-13-40/h12-19,39,44-52,92-93H,2-11,20-38H2,1H3,(H,76,94)(H,77,103)(H,78,102)(H,81,104)(H,82,105)(H,83,97)(H,84,95)(H,85,96)(H,86,106)(H,87,107)(H,88,108)(H,89,109)(H,90,110)(H,91,111)(H,98,99)(H,100,101)(H4,72,73,79)(H4,74,75,80)/t39?,44-,45-,46-,47-,48-,49+,50+,51-,52-/m0/s1/i71-1. The third kappa shape index (κ3) is 38.7. The van der Waals surface area contributed by atoms with Gasteiger partial charge in [-0.2, -0.15) is 0 Å². The zero-order valence-electron chi connectivity index (χ0n) is 63.0. The number of alkyl halides is 1. The summed E-state index contributed by atoms with van der Waals surface area (Å²) in [6.45, 7) is -1.11. The van der Waals surface area contributed by atoms with Crippen LogP contribution in [-0.4, -0.2) is 273 Å². The van der Waals surface area contributed by atoms with Crippen LogP contribution in [0.25, 0.3) is 0 Å². The predicted molar refractivity (Wildman–Crippen MR) is 400 cm³/mol. The summed E-state index contributed by atoms with van der Waals surface area (Å²) >= 11 is 0. The first-order chi connectivity index (χ1) is 54.3. The number of carbonyl (C=O) groups is 16. The highest BCUT2D eigenvalue weighted by Gasteiger charge is 2.36. The SMILES string of the molecule is CC([18F])C(=O)NCCOCCOCCOCC(=O)N[C@@H](CCC(=O)NCCCC[C@@H]1NC(=O)[C@@H](Cc2ccc(O)cc2)NC(=O)[C@H](CC(=O)O)NC(=O)CNC(=O)[C@H](CCCN=C(N)N)NC1=O)C(=O)NCCCC[C@@H]1NC(=O)[C@@H](Cc2ccc(O)cc2)NC(=O)[C@H](CC(=O)O)NC(=O)CNC(=O)[C@H](CCCN=C(N)N)NC1=O. The van der Waals surface area contributed by atoms with Crippen molar-refractivity contribution in [1.29, 1.82) is 0 Å². The second kappa shape index (κ2) is 51.5. The molecule has 2 aliphatic rings. The number of nitrogens with zero attached hydrogens (tertiary/aromatic N) is 2. The van der Waals surface area contributed by atoms with Crippen LogP contribution >= 0.6 is 0 Å². The van der Waals surface area contributed by atoms with Crippen LogP contribution in [0.4, 0.5) is 4.39 Å². The number of nitrogens with one attached hydrogen (secondary N) is 14. The Labute approximate surface area is 654 Å². The maximum absolute atomic E-state index is 14.4. The fourth-order valence-electron chi connectivity index (χ4n) is 11.1. The lowest BCUT2D eigenvalue weighted by Gasteiger charge is -2.26. The Morgan fingerprint density at radius 1 is 0.456 bits per heavy atom. The number of phenols is 2. The number of hydrogen-bond donors (Lipinski definition) is 22. The first-order valence-electron chi connectivity index (χ1n) is 36.8. The lowest BCUT2D eigenvalue weighted by Crippen LogP contribution is -2.58. The molecule has 2 aliphatic heterocycles. The van der Waals surface area contributed by atoms with Gasteiger partial charge in [0.2, 0.25) is 76.8 Å². The van der Waals surface area contributed by atoms with Crippen LogP contribution in [0.3, 0.4) is 0 Å². The Hall–Kier alpha value is -12.1. The minimum Gasteiger partial charge on any atom is -0.508 e. The lowest BCUT2D eigenvalue weighted by molar-refractivity contribution is -0.141. The molecule has 1 unspecified atom stereocenters. The monoisotopic (exact) mass is 1610 g/mol. The van der Waals surface area contributed by atoms with Crippen molar-refractivity contribution in [3.63, 3.8) is 0 Å². The molecule has 10 atom stereocenters. The highest BCUT2D eigenvalue weighted by atomic mass is 18.2. The molecule has 0 spiro atoms. The van der Waals surface area contributed by atoms with Gasteiger partial charge in [0.25, 0.3) is 5.91 Å². The molecule has 14 amide bonds. The van der Waals surface area contributed by atoms with Gasteiger partial charge in [0.05, 0.1) is 59.0 Å². The number of carbonyl (C=O) groups excluding carboxylic acids is 14. The van der Waals surface area contributed by atoms with Crippen LogP contribution in [-0.2, 0) is 104 Å². The summed E-state index contributed by atoms with van der Waals surface area (Å²) in [6.07, 6.45) is -4.99. The number of aliphatic carboxylic acids is 2. The van der Waals surface area contributed by atoms with Crippen molar-refractivity contribution in [3.8, 4) is 11.5 Å². The van der Waals surface area contributed by atoms with E-state index in [0.29, 0.717) is 11.1 Å². The Kier molecular flexibility index (Phi) is 42.6. The minimum atomic E-state index is -1.77. The molecule has 0 bridgehead atoms. The van der Waals surface area contributed by atoms with E-state index in [-0.39, 0.29) is 173 Å². The summed E-state index contributed by atoms with van der Waals surface area (Å²) in [5.41, 5.74) is 22.7. The second-order valence-electron chi connectivity index (χ2n) is 26.4. The van der Waals surface area contributed by atoms with E-state index >= 15 is 0 Å². The molecule has 44 heteroatoms. The lowest BCUT2D eigenvalue weighted by atomic mass is 10.0. The van der Waals surface area contributed by atoms with Gasteiger partial charge in [0.1, 0.15) is 72.5 Å². The number of aromatic hydroxyl groups is 2. The molecule has 2 heterocycles. The van der Waals surface area contributed by atoms with E-state index in [4.69, 9.17) is 37.1 Å². The number of nitrogens with two attached hydrogens (primary N) is 4. The number of ether oxygens (including phenoxy) is 3. The Balaban J connectivity index is 1.54. The van der Waals surface area contributed by atoms with Crippen molar-refractivity contribution in [2.75, 3.05) is 85.5 Å². The van der Waals surface area contributed by atoms with Gasteiger partial charge in [-0.15, -0.1) is 0 Å². The number of guanidine groups is 2. The van der Waals surface area contributed by atoms with Crippen molar-refractivity contribution >= 4 is 107 Å². The average Bonchev–Trinajstić information content (AvgIpc) is 1.28. The third-order valence-electron chi connectivity index (χ3n) is 17.0. The fourth-order valence-corrected chi connectivity index (χ4v) is 11.1. The summed E-state index contributed by atoms with van der Waals surface area (Å²) in [5.74, 6) is -16.6.